The molecule has 3 rings (SSSR count). The molecule has 2 aromatic rings. The van der Waals surface area contributed by atoms with Gasteiger partial charge in [0.2, 0.25) is 0 Å². The highest BCUT2D eigenvalue weighted by atomic mass is 16.2. The van der Waals surface area contributed by atoms with E-state index in [9.17, 15) is 9.59 Å². The van der Waals surface area contributed by atoms with Gasteiger partial charge in [-0.2, -0.15) is 0 Å². The van der Waals surface area contributed by atoms with Crippen molar-refractivity contribution in [2.75, 3.05) is 18.4 Å². The van der Waals surface area contributed by atoms with E-state index in [4.69, 9.17) is 0 Å². The van der Waals surface area contributed by atoms with E-state index >= 15 is 0 Å². The molecule has 1 N–H and O–H groups in total. The fourth-order valence-electron chi connectivity index (χ4n) is 2.95. The predicted octanol–water partition coefficient (Wildman–Crippen LogP) is 3.96. The van der Waals surface area contributed by atoms with Crippen LogP contribution in [0.5, 0.6) is 0 Å². The first-order chi connectivity index (χ1) is 11.7. The summed E-state index contributed by atoms with van der Waals surface area (Å²) >= 11 is 0. The number of likely N-dealkylation sites (tertiary alicyclic amines) is 1. The monoisotopic (exact) mass is 322 g/mol. The average molecular weight is 322 g/mol. The van der Waals surface area contributed by atoms with E-state index < -0.39 is 0 Å². The van der Waals surface area contributed by atoms with Gasteiger partial charge in [-0.1, -0.05) is 31.0 Å². The highest BCUT2D eigenvalue weighted by molar-refractivity contribution is 6.05. The molecule has 4 nitrogen and oxygen atoms in total. The summed E-state index contributed by atoms with van der Waals surface area (Å²) in [5.74, 6) is -0.109. The Bertz CT molecular complexity index is 687. The molecule has 0 radical (unpaired) electrons. The lowest BCUT2D eigenvalue weighted by Gasteiger charge is -2.20. The molecule has 1 heterocycles. The van der Waals surface area contributed by atoms with Crippen molar-refractivity contribution in [3.05, 3.63) is 65.7 Å². The quantitative estimate of drug-likeness (QED) is 0.930. The maximum atomic E-state index is 12.6. The smallest absolute Gasteiger partial charge is 0.255 e. The number of benzene rings is 2. The lowest BCUT2D eigenvalue weighted by atomic mass is 10.1. The fourth-order valence-corrected chi connectivity index (χ4v) is 2.95. The minimum Gasteiger partial charge on any atom is -0.339 e. The molecule has 1 fully saturated rings. The summed E-state index contributed by atoms with van der Waals surface area (Å²) in [4.78, 5) is 26.7. The highest BCUT2D eigenvalue weighted by Gasteiger charge is 2.17. The van der Waals surface area contributed by atoms with Crippen molar-refractivity contribution >= 4 is 17.5 Å². The number of nitrogens with zero attached hydrogens (tertiary/aromatic N) is 1. The third kappa shape index (κ3) is 4.02. The molecule has 2 amide bonds. The molecule has 0 bridgehead atoms. The Labute approximate surface area is 142 Å². The zero-order valence-electron chi connectivity index (χ0n) is 13.7. The summed E-state index contributed by atoms with van der Waals surface area (Å²) < 4.78 is 0. The van der Waals surface area contributed by atoms with Crippen molar-refractivity contribution in [2.45, 2.75) is 25.7 Å². The van der Waals surface area contributed by atoms with Gasteiger partial charge < -0.3 is 10.2 Å². The lowest BCUT2D eigenvalue weighted by molar-refractivity contribution is 0.0761. The van der Waals surface area contributed by atoms with E-state index in [1.54, 1.807) is 24.3 Å². The van der Waals surface area contributed by atoms with Crippen LogP contribution in [-0.2, 0) is 0 Å². The highest BCUT2D eigenvalue weighted by Crippen LogP contribution is 2.15. The summed E-state index contributed by atoms with van der Waals surface area (Å²) in [6.07, 6.45) is 4.54. The van der Waals surface area contributed by atoms with E-state index in [1.165, 1.54) is 12.8 Å². The van der Waals surface area contributed by atoms with Gasteiger partial charge in [-0.05, 0) is 49.2 Å². The van der Waals surface area contributed by atoms with E-state index in [1.807, 2.05) is 35.2 Å². The van der Waals surface area contributed by atoms with Crippen LogP contribution in [0.4, 0.5) is 5.69 Å². The van der Waals surface area contributed by atoms with Gasteiger partial charge in [0.1, 0.15) is 0 Å². The lowest BCUT2D eigenvalue weighted by Crippen LogP contribution is -2.31. The normalized spacial score (nSPS) is 14.8. The number of hydrogen-bond donors (Lipinski definition) is 1. The Kier molecular flexibility index (Phi) is 5.26. The van der Waals surface area contributed by atoms with Crippen molar-refractivity contribution < 1.29 is 9.59 Å². The number of amides is 2. The minimum absolute atomic E-state index is 0.0620. The number of para-hydroxylation sites is 1. The van der Waals surface area contributed by atoms with Crippen LogP contribution >= 0.6 is 0 Å². The van der Waals surface area contributed by atoms with E-state index in [-0.39, 0.29) is 11.8 Å². The molecule has 4 heteroatoms. The number of carbonyl (C=O) groups is 2. The van der Waals surface area contributed by atoms with E-state index in [2.05, 4.69) is 5.32 Å². The van der Waals surface area contributed by atoms with Gasteiger partial charge in [-0.15, -0.1) is 0 Å². The first-order valence-electron chi connectivity index (χ1n) is 8.50. The standard InChI is InChI=1S/C20H22N2O2/c23-19(21-18-8-4-3-5-9-18)16-10-12-17(13-11-16)20(24)22-14-6-1-2-7-15-22/h3-5,8-13H,1-2,6-7,14-15H2,(H,21,23). The van der Waals surface area contributed by atoms with Crippen molar-refractivity contribution in [1.29, 1.82) is 0 Å². The van der Waals surface area contributed by atoms with Crippen LogP contribution in [0.3, 0.4) is 0 Å². The molecule has 1 saturated heterocycles. The summed E-state index contributed by atoms with van der Waals surface area (Å²) in [7, 11) is 0. The van der Waals surface area contributed by atoms with Crippen LogP contribution in [0.1, 0.15) is 46.4 Å². The number of hydrogen-bond acceptors (Lipinski definition) is 2. The van der Waals surface area contributed by atoms with Crippen molar-refractivity contribution in [3.63, 3.8) is 0 Å². The molecule has 0 atom stereocenters. The van der Waals surface area contributed by atoms with Crippen molar-refractivity contribution in [3.8, 4) is 0 Å². The zero-order valence-corrected chi connectivity index (χ0v) is 13.7. The van der Waals surface area contributed by atoms with Crippen LogP contribution < -0.4 is 5.32 Å². The molecule has 0 aliphatic carbocycles. The Morgan fingerprint density at radius 1 is 0.750 bits per heavy atom. The molecule has 0 aromatic heterocycles. The largest absolute Gasteiger partial charge is 0.339 e. The molecule has 0 unspecified atom stereocenters. The number of anilines is 1. The van der Waals surface area contributed by atoms with Crippen molar-refractivity contribution in [2.24, 2.45) is 0 Å². The molecular weight excluding hydrogens is 300 g/mol. The second kappa shape index (κ2) is 7.77. The fraction of sp³-hybridized carbons (Fsp3) is 0.300. The Morgan fingerprint density at radius 3 is 1.96 bits per heavy atom. The first kappa shape index (κ1) is 16.2. The minimum atomic E-state index is -0.171. The molecule has 2 aromatic carbocycles. The average Bonchev–Trinajstić information content (AvgIpc) is 2.91. The van der Waals surface area contributed by atoms with Crippen LogP contribution in [0, 0.1) is 0 Å². The van der Waals surface area contributed by atoms with Gasteiger partial charge in [0.15, 0.2) is 0 Å². The SMILES string of the molecule is O=C(Nc1ccccc1)c1ccc(C(=O)N2CCCCCC2)cc1. The Balaban J connectivity index is 1.66. The third-order valence-corrected chi connectivity index (χ3v) is 4.32. The molecule has 24 heavy (non-hydrogen) atoms. The summed E-state index contributed by atoms with van der Waals surface area (Å²) in [6.45, 7) is 1.66. The van der Waals surface area contributed by atoms with Gasteiger partial charge in [-0.25, -0.2) is 0 Å². The van der Waals surface area contributed by atoms with Crippen LogP contribution in [0.15, 0.2) is 54.6 Å². The molecule has 0 saturated carbocycles. The second-order valence-corrected chi connectivity index (χ2v) is 6.10. The van der Waals surface area contributed by atoms with Gasteiger partial charge in [0.05, 0.1) is 0 Å². The second-order valence-electron chi connectivity index (χ2n) is 6.10. The van der Waals surface area contributed by atoms with E-state index in [0.717, 1.165) is 31.6 Å². The molecule has 0 spiro atoms. The molecular formula is C20H22N2O2. The topological polar surface area (TPSA) is 49.4 Å². The number of carbonyl (C=O) groups excluding carboxylic acids is 2. The van der Waals surface area contributed by atoms with Gasteiger partial charge in [-0.3, -0.25) is 9.59 Å². The van der Waals surface area contributed by atoms with Gasteiger partial charge in [0.25, 0.3) is 11.8 Å². The van der Waals surface area contributed by atoms with Gasteiger partial charge >= 0.3 is 0 Å². The molecule has 124 valence electrons. The van der Waals surface area contributed by atoms with Gasteiger partial charge in [0, 0.05) is 29.9 Å². The summed E-state index contributed by atoms with van der Waals surface area (Å²) in [5, 5.41) is 2.84. The predicted molar refractivity (Wildman–Crippen MR) is 95.2 cm³/mol. The number of nitrogens with one attached hydrogen (secondary N) is 1. The molecule has 1 aliphatic rings. The maximum Gasteiger partial charge on any atom is 0.255 e. The van der Waals surface area contributed by atoms with Crippen molar-refractivity contribution in [1.82, 2.24) is 4.90 Å². The van der Waals surface area contributed by atoms with Crippen LogP contribution in [-0.4, -0.2) is 29.8 Å². The first-order valence-corrected chi connectivity index (χ1v) is 8.50. The zero-order chi connectivity index (χ0) is 16.8. The number of rotatable bonds is 3. The Morgan fingerprint density at radius 2 is 1.33 bits per heavy atom. The van der Waals surface area contributed by atoms with E-state index in [0.29, 0.717) is 11.1 Å². The maximum absolute atomic E-state index is 12.6. The summed E-state index contributed by atoms with van der Waals surface area (Å²) in [6, 6.07) is 16.2. The summed E-state index contributed by atoms with van der Waals surface area (Å²) in [5.41, 5.74) is 1.95. The van der Waals surface area contributed by atoms with Crippen LogP contribution in [0.25, 0.3) is 0 Å². The third-order valence-electron chi connectivity index (χ3n) is 4.32. The Hall–Kier alpha value is -2.62. The molecule has 1 aliphatic heterocycles. The van der Waals surface area contributed by atoms with Crippen LogP contribution in [0.2, 0.25) is 0 Å².